The van der Waals surface area contributed by atoms with Gasteiger partial charge in [0.2, 0.25) is 5.95 Å². The Morgan fingerprint density at radius 1 is 1.50 bits per heavy atom. The zero-order valence-corrected chi connectivity index (χ0v) is 16.9. The maximum Gasteiger partial charge on any atom is 0.410 e. The average Bonchev–Trinajstić information content (AvgIpc) is 2.52. The molecule has 1 aromatic rings. The van der Waals surface area contributed by atoms with Crippen LogP contribution in [-0.2, 0) is 15.4 Å². The third-order valence-corrected chi connectivity index (χ3v) is 8.03. The molecule has 0 bridgehead atoms. The Morgan fingerprint density at radius 3 is 2.65 bits per heavy atom. The number of aliphatic imine (C=N–C) groups is 1. The number of rotatable bonds is 3. The first-order valence-electron chi connectivity index (χ1n) is 7.64. The first kappa shape index (κ1) is 20.5. The molecule has 2 rings (SSSR count). The lowest BCUT2D eigenvalue weighted by Gasteiger charge is -2.44. The summed E-state index contributed by atoms with van der Waals surface area (Å²) < 4.78 is 39.9. The third kappa shape index (κ3) is 3.16. The van der Waals surface area contributed by atoms with E-state index < -0.39 is 37.4 Å². The number of sulfone groups is 1. The lowest BCUT2D eigenvalue weighted by molar-refractivity contribution is 0.199. The van der Waals surface area contributed by atoms with Crippen molar-refractivity contribution in [3.05, 3.63) is 40.9 Å². The van der Waals surface area contributed by atoms with E-state index in [0.717, 1.165) is 0 Å². The fourth-order valence-electron chi connectivity index (χ4n) is 3.03. The zero-order chi connectivity index (χ0) is 19.9. The third-order valence-electron chi connectivity index (χ3n) is 4.58. The van der Waals surface area contributed by atoms with Gasteiger partial charge in [-0.05, 0) is 49.2 Å². The average molecular weight is 448 g/mol. The largest absolute Gasteiger partial charge is 0.465 e. The van der Waals surface area contributed by atoms with Crippen molar-refractivity contribution in [3.63, 3.8) is 0 Å². The predicted molar refractivity (Wildman–Crippen MR) is 99.4 cm³/mol. The van der Waals surface area contributed by atoms with Crippen molar-refractivity contribution < 1.29 is 22.7 Å². The van der Waals surface area contributed by atoms with Crippen LogP contribution in [0.4, 0.5) is 9.18 Å². The number of aromatic nitrogens is 1. The van der Waals surface area contributed by atoms with Gasteiger partial charge in [0.15, 0.2) is 9.84 Å². The molecule has 2 heterocycles. The Bertz CT molecular complexity index is 901. The lowest BCUT2D eigenvalue weighted by atomic mass is 9.87. The molecule has 0 unspecified atom stereocenters. The van der Waals surface area contributed by atoms with Crippen molar-refractivity contribution in [3.8, 4) is 0 Å². The van der Waals surface area contributed by atoms with Gasteiger partial charge in [0.1, 0.15) is 16.1 Å². The molecule has 1 aromatic heterocycles. The summed E-state index contributed by atoms with van der Waals surface area (Å²) in [6.45, 7) is 7.77. The predicted octanol–water partition coefficient (Wildman–Crippen LogP) is 3.02. The fourth-order valence-corrected chi connectivity index (χ4v) is 5.61. The van der Waals surface area contributed by atoms with E-state index in [2.05, 4.69) is 37.8 Å². The molecule has 1 aliphatic rings. The van der Waals surface area contributed by atoms with Gasteiger partial charge in [0.25, 0.3) is 0 Å². The molecule has 0 aromatic carbocycles. The van der Waals surface area contributed by atoms with Crippen LogP contribution in [0, 0.1) is 5.95 Å². The number of nitrogens with zero attached hydrogens (tertiary/aromatic N) is 2. The van der Waals surface area contributed by atoms with Gasteiger partial charge in [0.05, 0.1) is 5.25 Å². The second-order valence-electron chi connectivity index (χ2n) is 6.60. The highest BCUT2D eigenvalue weighted by molar-refractivity contribution is 9.10. The van der Waals surface area contributed by atoms with Gasteiger partial charge in [-0.15, -0.1) is 6.58 Å². The van der Waals surface area contributed by atoms with Gasteiger partial charge in [0, 0.05) is 16.2 Å². The van der Waals surface area contributed by atoms with Crippen molar-refractivity contribution >= 4 is 37.7 Å². The van der Waals surface area contributed by atoms with E-state index in [1.54, 1.807) is 0 Å². The van der Waals surface area contributed by atoms with E-state index in [4.69, 9.17) is 5.11 Å². The minimum atomic E-state index is -3.98. The van der Waals surface area contributed by atoms with E-state index in [0.29, 0.717) is 4.47 Å². The molecule has 0 fully saturated rings. The van der Waals surface area contributed by atoms with Crippen molar-refractivity contribution in [2.45, 2.75) is 42.7 Å². The summed E-state index contributed by atoms with van der Waals surface area (Å²) in [5.74, 6) is -1.15. The van der Waals surface area contributed by atoms with Crippen LogP contribution >= 0.6 is 15.9 Å². The van der Waals surface area contributed by atoms with Gasteiger partial charge in [-0.1, -0.05) is 6.08 Å². The van der Waals surface area contributed by atoms with E-state index in [-0.39, 0.29) is 17.8 Å². The van der Waals surface area contributed by atoms with Crippen molar-refractivity contribution in [1.82, 2.24) is 10.3 Å². The highest BCUT2D eigenvalue weighted by Crippen LogP contribution is 2.45. The molecule has 10 heteroatoms. The number of carbonyl (C=O) groups is 1. The Morgan fingerprint density at radius 2 is 2.12 bits per heavy atom. The van der Waals surface area contributed by atoms with Crippen LogP contribution < -0.4 is 5.32 Å². The Balaban J connectivity index is 2.87. The molecule has 2 N–H and O–H groups in total. The minimum absolute atomic E-state index is 0.0120. The van der Waals surface area contributed by atoms with Crippen LogP contribution in [0.25, 0.3) is 0 Å². The molecule has 0 aliphatic carbocycles. The summed E-state index contributed by atoms with van der Waals surface area (Å²) in [6, 6.07) is 1.40. The topological polar surface area (TPSA) is 109 Å². The second kappa shape index (κ2) is 6.73. The molecule has 142 valence electrons. The van der Waals surface area contributed by atoms with Crippen molar-refractivity contribution in [1.29, 1.82) is 0 Å². The smallest absolute Gasteiger partial charge is 0.410 e. The van der Waals surface area contributed by atoms with E-state index in [1.165, 1.54) is 39.1 Å². The molecule has 1 amide bonds. The number of carboxylic acid groups (broad SMARTS) is 1. The Kier molecular flexibility index (Phi) is 5.31. The molecule has 0 spiro atoms. The van der Waals surface area contributed by atoms with Gasteiger partial charge >= 0.3 is 6.09 Å². The Hall–Kier alpha value is -1.81. The number of amides is 1. The van der Waals surface area contributed by atoms with Crippen molar-refractivity contribution in [2.75, 3.05) is 0 Å². The van der Waals surface area contributed by atoms with Crippen LogP contribution in [0.5, 0.6) is 0 Å². The first-order chi connectivity index (χ1) is 11.9. The van der Waals surface area contributed by atoms with E-state index >= 15 is 0 Å². The number of halogens is 2. The Labute approximate surface area is 159 Å². The number of hydrogen-bond acceptors (Lipinski definition) is 5. The minimum Gasteiger partial charge on any atom is -0.465 e. The number of amidine groups is 1. The fraction of sp³-hybridized carbons (Fsp3) is 0.438. The zero-order valence-electron chi connectivity index (χ0n) is 14.5. The quantitative estimate of drug-likeness (QED) is 0.546. The molecular formula is C16H19BrFN3O4S. The van der Waals surface area contributed by atoms with Gasteiger partial charge in [-0.3, -0.25) is 10.3 Å². The summed E-state index contributed by atoms with van der Waals surface area (Å²) in [7, 11) is -3.98. The van der Waals surface area contributed by atoms with Crippen LogP contribution in [0.1, 0.15) is 32.8 Å². The molecular weight excluding hydrogens is 429 g/mol. The SMILES string of the molecule is C=CC[C@H]1[C@@](C)(c2cc(Br)cnc2F)N=C(NC(=O)O)C(C)(C)S1(=O)=O. The molecule has 26 heavy (non-hydrogen) atoms. The summed E-state index contributed by atoms with van der Waals surface area (Å²) >= 11 is 3.20. The molecule has 2 atom stereocenters. The van der Waals surface area contributed by atoms with Crippen LogP contribution in [0.2, 0.25) is 0 Å². The molecule has 0 saturated carbocycles. The summed E-state index contributed by atoms with van der Waals surface area (Å²) in [4.78, 5) is 19.1. The van der Waals surface area contributed by atoms with E-state index in [1.807, 2.05) is 0 Å². The van der Waals surface area contributed by atoms with Crippen LogP contribution in [0.15, 0.2) is 34.4 Å². The second-order valence-corrected chi connectivity index (χ2v) is 10.2. The number of pyridine rings is 1. The highest BCUT2D eigenvalue weighted by atomic mass is 79.9. The maximum absolute atomic E-state index is 14.5. The number of nitrogens with one attached hydrogen (secondary N) is 1. The van der Waals surface area contributed by atoms with E-state index in [9.17, 15) is 17.6 Å². The first-order valence-corrected chi connectivity index (χ1v) is 9.98. The maximum atomic E-state index is 14.5. The van der Waals surface area contributed by atoms with Crippen LogP contribution in [0.3, 0.4) is 0 Å². The summed E-state index contributed by atoms with van der Waals surface area (Å²) in [6.07, 6.45) is 1.22. The normalized spacial score (nSPS) is 26.7. The van der Waals surface area contributed by atoms with Gasteiger partial charge < -0.3 is 5.11 Å². The summed E-state index contributed by atoms with van der Waals surface area (Å²) in [5, 5.41) is 9.99. The lowest BCUT2D eigenvalue weighted by Crippen LogP contribution is -2.61. The van der Waals surface area contributed by atoms with Gasteiger partial charge in [-0.25, -0.2) is 18.2 Å². The number of allylic oxidation sites excluding steroid dienone is 1. The molecule has 0 radical (unpaired) electrons. The van der Waals surface area contributed by atoms with Gasteiger partial charge in [-0.2, -0.15) is 4.39 Å². The summed E-state index contributed by atoms with van der Waals surface area (Å²) in [5.41, 5.74) is -1.65. The van der Waals surface area contributed by atoms with Crippen LogP contribution in [-0.4, -0.2) is 40.4 Å². The highest BCUT2D eigenvalue weighted by Gasteiger charge is 2.57. The molecule has 1 aliphatic heterocycles. The number of hydrogen-bond donors (Lipinski definition) is 2. The molecule has 7 nitrogen and oxygen atoms in total. The molecule has 0 saturated heterocycles. The monoisotopic (exact) mass is 447 g/mol. The van der Waals surface area contributed by atoms with Crippen molar-refractivity contribution in [2.24, 2.45) is 4.99 Å². The standard InChI is InChI=1S/C16H19BrFN3O4S/c1-5-6-11-16(4,10-7-9(17)8-19-12(10)18)21-13(20-14(22)23)15(2,3)26(11,24)25/h5,7-8,11H,1,6H2,2-4H3,(H,20,21)(H,22,23)/t11-,16+/m0/s1.